The van der Waals surface area contributed by atoms with Crippen molar-refractivity contribution in [2.24, 2.45) is 0 Å². The van der Waals surface area contributed by atoms with Gasteiger partial charge in [-0.05, 0) is 51.8 Å². The maximum absolute atomic E-state index is 13.0. The van der Waals surface area contributed by atoms with Crippen LogP contribution < -0.4 is 5.32 Å². The van der Waals surface area contributed by atoms with Crippen LogP contribution in [0.25, 0.3) is 6.08 Å². The van der Waals surface area contributed by atoms with Gasteiger partial charge in [-0.1, -0.05) is 17.7 Å². The van der Waals surface area contributed by atoms with E-state index < -0.39 is 49.1 Å². The van der Waals surface area contributed by atoms with Gasteiger partial charge in [0.2, 0.25) is 11.0 Å². The molecule has 8 nitrogen and oxygen atoms in total. The van der Waals surface area contributed by atoms with Crippen LogP contribution in [0.15, 0.2) is 35.3 Å². The number of rotatable bonds is 0. The van der Waals surface area contributed by atoms with E-state index in [2.05, 4.69) is 10.3 Å². The number of aliphatic hydroxyl groups excluding tert-OH is 1. The Morgan fingerprint density at radius 3 is 2.61 bits per heavy atom. The minimum atomic E-state index is -1.99. The highest BCUT2D eigenvalue weighted by molar-refractivity contribution is 8.76. The molecule has 4 unspecified atom stereocenters. The lowest BCUT2D eigenvalue weighted by Crippen LogP contribution is -2.55. The Morgan fingerprint density at radius 1 is 1.24 bits per heavy atom. The zero-order chi connectivity index (χ0) is 24.4. The van der Waals surface area contributed by atoms with Gasteiger partial charge in [0.05, 0.1) is 21.6 Å². The number of carbonyl (C=O) groups is 3. The molecule has 2 aliphatic rings. The summed E-state index contributed by atoms with van der Waals surface area (Å²) in [4.78, 5) is 42.0. The molecule has 0 saturated carbocycles. The van der Waals surface area contributed by atoms with Crippen LogP contribution in [0.4, 0.5) is 0 Å². The van der Waals surface area contributed by atoms with Crippen LogP contribution >= 0.6 is 22.1 Å². The Morgan fingerprint density at radius 2 is 1.94 bits per heavy atom. The number of hydrogen-bond acceptors (Lipinski definition) is 9. The van der Waals surface area contributed by atoms with E-state index in [0.29, 0.717) is 27.1 Å². The molecule has 0 radical (unpaired) electrons. The van der Waals surface area contributed by atoms with Crippen molar-refractivity contribution in [3.8, 4) is 0 Å². The highest BCUT2D eigenvalue weighted by Crippen LogP contribution is 2.50. The molecule has 178 valence electrons. The van der Waals surface area contributed by atoms with E-state index in [-0.39, 0.29) is 19.3 Å². The molecule has 2 bridgehead atoms. The van der Waals surface area contributed by atoms with Gasteiger partial charge in [-0.25, -0.2) is 9.19 Å². The van der Waals surface area contributed by atoms with Crippen LogP contribution in [0.1, 0.15) is 56.8 Å². The second kappa shape index (κ2) is 10.1. The number of carbonyl (C=O) groups excluding carboxylic acids is 3. The van der Waals surface area contributed by atoms with Crippen molar-refractivity contribution < 1.29 is 28.8 Å². The molecule has 0 aromatic carbocycles. The molecular weight excluding hydrogens is 484 g/mol. The molecule has 2 aliphatic heterocycles. The van der Waals surface area contributed by atoms with Gasteiger partial charge in [0.1, 0.15) is 21.5 Å². The second-order valence-electron chi connectivity index (χ2n) is 8.33. The highest BCUT2D eigenvalue weighted by atomic mass is 33.1. The molecule has 1 spiro atoms. The number of aliphatic hydroxyl groups is 2. The number of amides is 1. The van der Waals surface area contributed by atoms with Crippen molar-refractivity contribution >= 4 is 54.8 Å². The largest absolute Gasteiger partial charge is 0.381 e. The Bertz CT molecular complexity index is 1070. The van der Waals surface area contributed by atoms with Crippen molar-refractivity contribution in [2.75, 3.05) is 0 Å². The normalized spacial score (nSPS) is 37.7. The van der Waals surface area contributed by atoms with Crippen molar-refractivity contribution in [1.29, 1.82) is 0 Å². The summed E-state index contributed by atoms with van der Waals surface area (Å²) in [5.74, 6) is -0.969. The van der Waals surface area contributed by atoms with Gasteiger partial charge in [-0.15, -0.1) is 11.3 Å². The van der Waals surface area contributed by atoms with Gasteiger partial charge in [0.15, 0.2) is 5.78 Å². The van der Waals surface area contributed by atoms with E-state index in [1.807, 2.05) is 0 Å². The average molecular weight is 511 g/mol. The molecular formula is C22H26N2O6S3. The summed E-state index contributed by atoms with van der Waals surface area (Å²) in [5, 5.41) is 25.8. The van der Waals surface area contributed by atoms with Gasteiger partial charge in [-0.3, -0.25) is 14.4 Å². The summed E-state index contributed by atoms with van der Waals surface area (Å²) < 4.78 is 11.5. The first-order valence-electron chi connectivity index (χ1n) is 10.3. The van der Waals surface area contributed by atoms with Crippen LogP contribution in [0.2, 0.25) is 0 Å². The molecule has 3 N–H and O–H groups in total. The van der Waals surface area contributed by atoms with Gasteiger partial charge >= 0.3 is 0 Å². The molecule has 3 rings (SSSR count). The van der Waals surface area contributed by atoms with Crippen molar-refractivity contribution in [3.05, 3.63) is 46.0 Å². The molecule has 1 fully saturated rings. The van der Waals surface area contributed by atoms with Gasteiger partial charge in [0, 0.05) is 22.6 Å². The van der Waals surface area contributed by atoms with Crippen LogP contribution in [0, 0.1) is 0 Å². The van der Waals surface area contributed by atoms with E-state index in [1.165, 1.54) is 36.5 Å². The molecule has 1 saturated heterocycles. The highest BCUT2D eigenvalue weighted by Gasteiger charge is 2.63. The fourth-order valence-electron chi connectivity index (χ4n) is 3.65. The fraction of sp³-hybridized carbons (Fsp3) is 0.455. The Labute approximate surface area is 202 Å². The number of ketones is 1. The average Bonchev–Trinajstić information content (AvgIpc) is 3.27. The van der Waals surface area contributed by atoms with E-state index >= 15 is 0 Å². The molecule has 5 atom stereocenters. The monoisotopic (exact) mass is 510 g/mol. The lowest BCUT2D eigenvalue weighted by atomic mass is 9.81. The van der Waals surface area contributed by atoms with Gasteiger partial charge < -0.3 is 15.5 Å². The van der Waals surface area contributed by atoms with E-state index in [1.54, 1.807) is 31.4 Å². The quantitative estimate of drug-likeness (QED) is 0.358. The molecule has 1 aromatic heterocycles. The van der Waals surface area contributed by atoms with Crippen LogP contribution in [-0.2, 0) is 24.2 Å². The number of thiazole rings is 1. The topological polar surface area (TPSA) is 134 Å². The zero-order valence-electron chi connectivity index (χ0n) is 18.4. The number of aromatic nitrogens is 1. The first kappa shape index (κ1) is 25.7. The first-order chi connectivity index (χ1) is 15.5. The van der Waals surface area contributed by atoms with Gasteiger partial charge in [-0.2, -0.15) is 0 Å². The number of fused-ring (bicyclic) bond motifs is 2. The smallest absolute Gasteiger partial charge is 0.234 e. The number of hydrogen-bond donors (Lipinski definition) is 3. The summed E-state index contributed by atoms with van der Waals surface area (Å²) in [6, 6.07) is -0.433. The van der Waals surface area contributed by atoms with Crippen molar-refractivity contribution in [3.63, 3.8) is 0 Å². The Balaban J connectivity index is 1.99. The molecule has 0 aliphatic carbocycles. The van der Waals surface area contributed by atoms with Crippen LogP contribution in [0.3, 0.4) is 0 Å². The van der Waals surface area contributed by atoms with Gasteiger partial charge in [0.25, 0.3) is 0 Å². The lowest BCUT2D eigenvalue weighted by molar-refractivity contribution is -0.132. The number of allylic oxidation sites excluding steroid dienone is 3. The minimum Gasteiger partial charge on any atom is -0.381 e. The predicted molar refractivity (Wildman–Crippen MR) is 130 cm³/mol. The first-order valence-corrected chi connectivity index (χ1v) is 13.7. The number of nitrogens with zero attached hydrogens (tertiary/aromatic N) is 1. The standard InChI is InChI=1S/C22H26N2O6S3/c1-13-8-9-22(21(3,29)20(28)32-33(22)30)11-18(27)23-14(2)19-24-15(12-31-19)6-4-5-7-16(25)17(26)10-13/h4-7,10,12,14,17,26,29H,8-9,11H2,1-3H3,(H,23,27)/b6-4-,7-5+,13-10+/t14?,17?,21?,22-,33?/m1/s1. The Kier molecular flexibility index (Phi) is 7.90. The maximum atomic E-state index is 13.0. The third-order valence-corrected chi connectivity index (χ3v) is 10.8. The summed E-state index contributed by atoms with van der Waals surface area (Å²) in [5.41, 5.74) is -0.732. The van der Waals surface area contributed by atoms with E-state index in [9.17, 15) is 28.8 Å². The third kappa shape index (κ3) is 5.43. The zero-order valence-corrected chi connectivity index (χ0v) is 20.9. The molecule has 3 heterocycles. The summed E-state index contributed by atoms with van der Waals surface area (Å²) in [7, 11) is -1.33. The molecule has 1 aromatic rings. The second-order valence-corrected chi connectivity index (χ2v) is 12.4. The fourth-order valence-corrected chi connectivity index (χ4v) is 8.39. The van der Waals surface area contributed by atoms with E-state index in [0.717, 1.165) is 0 Å². The number of nitrogens with one attached hydrogen (secondary N) is 1. The third-order valence-electron chi connectivity index (χ3n) is 5.78. The predicted octanol–water partition coefficient (Wildman–Crippen LogP) is 2.38. The van der Waals surface area contributed by atoms with E-state index in [4.69, 9.17) is 0 Å². The van der Waals surface area contributed by atoms with Crippen molar-refractivity contribution in [1.82, 2.24) is 10.3 Å². The lowest BCUT2D eigenvalue weighted by Gasteiger charge is -2.36. The van der Waals surface area contributed by atoms with Crippen LogP contribution in [-0.4, -0.2) is 52.7 Å². The molecule has 11 heteroatoms. The molecule has 33 heavy (non-hydrogen) atoms. The summed E-state index contributed by atoms with van der Waals surface area (Å²) >= 11 is 1.35. The Hall–Kier alpha value is -1.92. The SMILES string of the molecule is C/C1=C\C(O)C(=O)/C=C/C=C\c2csc(n2)C(C)NC(=O)C[C@@]2(CC1)S(=O)SC(=O)C2(C)O. The molecule has 1 amide bonds. The van der Waals surface area contributed by atoms with Crippen molar-refractivity contribution in [2.45, 2.75) is 62.5 Å². The summed E-state index contributed by atoms with van der Waals surface area (Å²) in [6.45, 7) is 4.75. The maximum Gasteiger partial charge on any atom is 0.234 e. The van der Waals surface area contributed by atoms with Crippen LogP contribution in [0.5, 0.6) is 0 Å². The minimum absolute atomic E-state index is 0.0520. The summed E-state index contributed by atoms with van der Waals surface area (Å²) in [6.07, 6.45) is 6.07.